The molecule has 0 bridgehead atoms. The van der Waals surface area contributed by atoms with Crippen LogP contribution in [0.2, 0.25) is 0 Å². The summed E-state index contributed by atoms with van der Waals surface area (Å²) in [7, 11) is 2.05. The fourth-order valence-corrected chi connectivity index (χ4v) is 2.96. The first-order valence-corrected chi connectivity index (χ1v) is 6.71. The molecule has 1 aromatic heterocycles. The summed E-state index contributed by atoms with van der Waals surface area (Å²) >= 11 is 0. The zero-order valence-corrected chi connectivity index (χ0v) is 10.9. The molecule has 0 saturated carbocycles. The van der Waals surface area contributed by atoms with E-state index >= 15 is 0 Å². The van der Waals surface area contributed by atoms with Crippen molar-refractivity contribution in [3.63, 3.8) is 0 Å². The molecule has 100 valence electrons. The second kappa shape index (κ2) is 5.34. The van der Waals surface area contributed by atoms with Crippen molar-refractivity contribution in [3.8, 4) is 0 Å². The van der Waals surface area contributed by atoms with Gasteiger partial charge in [0.2, 0.25) is 0 Å². The van der Waals surface area contributed by atoms with Crippen molar-refractivity contribution in [3.05, 3.63) is 12.2 Å². The molecule has 1 aromatic rings. The molecule has 0 aromatic carbocycles. The van der Waals surface area contributed by atoms with Crippen LogP contribution in [0.25, 0.3) is 0 Å². The molecule has 1 saturated heterocycles. The summed E-state index contributed by atoms with van der Waals surface area (Å²) < 4.78 is 7.75. The fraction of sp³-hybridized carbons (Fsp3) is 0.833. The van der Waals surface area contributed by atoms with Crippen LogP contribution in [0, 0.1) is 5.92 Å². The molecule has 3 heterocycles. The van der Waals surface area contributed by atoms with Crippen molar-refractivity contribution >= 4 is 0 Å². The Bertz CT molecular complexity index is 394. The first kappa shape index (κ1) is 12.1. The molecule has 1 fully saturated rings. The zero-order valence-electron chi connectivity index (χ0n) is 10.9. The first-order chi connectivity index (χ1) is 8.86. The minimum absolute atomic E-state index is 0.582. The van der Waals surface area contributed by atoms with Gasteiger partial charge in [-0.05, 0) is 13.5 Å². The van der Waals surface area contributed by atoms with Crippen LogP contribution >= 0.6 is 0 Å². The SMILES string of the molecule is CNC1CCOCC1CN1CCn2cnnc2C1. The Labute approximate surface area is 107 Å². The average Bonchev–Trinajstić information content (AvgIpc) is 2.87. The lowest BCUT2D eigenvalue weighted by Crippen LogP contribution is -2.48. The summed E-state index contributed by atoms with van der Waals surface area (Å²) in [6, 6.07) is 0.582. The average molecular weight is 251 g/mol. The first-order valence-electron chi connectivity index (χ1n) is 6.71. The Kier molecular flexibility index (Phi) is 3.58. The van der Waals surface area contributed by atoms with Crippen molar-refractivity contribution in [1.29, 1.82) is 0 Å². The van der Waals surface area contributed by atoms with Crippen molar-refractivity contribution in [2.45, 2.75) is 25.6 Å². The summed E-state index contributed by atoms with van der Waals surface area (Å²) in [5.41, 5.74) is 0. The summed E-state index contributed by atoms with van der Waals surface area (Å²) in [4.78, 5) is 2.47. The number of hydrogen-bond acceptors (Lipinski definition) is 5. The third kappa shape index (κ3) is 2.41. The van der Waals surface area contributed by atoms with E-state index in [0.717, 1.165) is 51.6 Å². The molecule has 18 heavy (non-hydrogen) atoms. The Morgan fingerprint density at radius 2 is 2.44 bits per heavy atom. The van der Waals surface area contributed by atoms with Crippen LogP contribution in [0.4, 0.5) is 0 Å². The van der Waals surface area contributed by atoms with Gasteiger partial charge in [-0.3, -0.25) is 4.90 Å². The topological polar surface area (TPSA) is 55.2 Å². The summed E-state index contributed by atoms with van der Waals surface area (Å²) in [6.45, 7) is 5.83. The van der Waals surface area contributed by atoms with Crippen LogP contribution in [-0.2, 0) is 17.8 Å². The van der Waals surface area contributed by atoms with Gasteiger partial charge in [0.15, 0.2) is 0 Å². The Hall–Kier alpha value is -0.980. The Balaban J connectivity index is 1.60. The van der Waals surface area contributed by atoms with Gasteiger partial charge in [-0.25, -0.2) is 0 Å². The van der Waals surface area contributed by atoms with E-state index in [0.29, 0.717) is 12.0 Å². The normalized spacial score (nSPS) is 29.2. The van der Waals surface area contributed by atoms with E-state index in [1.807, 2.05) is 6.33 Å². The minimum Gasteiger partial charge on any atom is -0.381 e. The van der Waals surface area contributed by atoms with Gasteiger partial charge in [0.05, 0.1) is 13.2 Å². The predicted molar refractivity (Wildman–Crippen MR) is 67.1 cm³/mol. The van der Waals surface area contributed by atoms with Gasteiger partial charge in [0.1, 0.15) is 12.2 Å². The number of aromatic nitrogens is 3. The molecule has 3 rings (SSSR count). The molecular formula is C12H21N5O. The van der Waals surface area contributed by atoms with Crippen LogP contribution in [0.3, 0.4) is 0 Å². The third-order valence-corrected chi connectivity index (χ3v) is 4.06. The maximum absolute atomic E-state index is 5.61. The molecule has 0 amide bonds. The summed E-state index contributed by atoms with van der Waals surface area (Å²) in [6.07, 6.45) is 2.94. The number of nitrogens with one attached hydrogen (secondary N) is 1. The van der Waals surface area contributed by atoms with Crippen molar-refractivity contribution in [1.82, 2.24) is 25.0 Å². The second-order valence-corrected chi connectivity index (χ2v) is 5.19. The van der Waals surface area contributed by atoms with Gasteiger partial charge in [-0.1, -0.05) is 0 Å². The van der Waals surface area contributed by atoms with E-state index in [1.165, 1.54) is 0 Å². The molecule has 2 aliphatic heterocycles. The summed E-state index contributed by atoms with van der Waals surface area (Å²) in [5, 5.41) is 11.5. The van der Waals surface area contributed by atoms with Gasteiger partial charge >= 0.3 is 0 Å². The zero-order chi connectivity index (χ0) is 12.4. The standard InChI is InChI=1S/C12H21N5O/c1-13-11-2-5-18-8-10(11)6-16-3-4-17-9-14-15-12(17)7-16/h9-11,13H,2-8H2,1H3. The molecule has 2 unspecified atom stereocenters. The molecule has 0 radical (unpaired) electrons. The van der Waals surface area contributed by atoms with Gasteiger partial charge in [-0.2, -0.15) is 0 Å². The molecule has 2 atom stereocenters. The lowest BCUT2D eigenvalue weighted by atomic mass is 9.95. The van der Waals surface area contributed by atoms with Crippen LogP contribution in [-0.4, -0.2) is 59.1 Å². The minimum atomic E-state index is 0.582. The molecule has 0 spiro atoms. The molecule has 2 aliphatic rings. The lowest BCUT2D eigenvalue weighted by Gasteiger charge is -2.36. The number of ether oxygens (including phenoxy) is 1. The van der Waals surface area contributed by atoms with E-state index in [1.54, 1.807) is 0 Å². The molecule has 1 N–H and O–H groups in total. The van der Waals surface area contributed by atoms with Crippen LogP contribution in [0.15, 0.2) is 6.33 Å². The van der Waals surface area contributed by atoms with Crippen LogP contribution in [0.1, 0.15) is 12.2 Å². The van der Waals surface area contributed by atoms with Gasteiger partial charge in [0.25, 0.3) is 0 Å². The summed E-state index contributed by atoms with van der Waals surface area (Å²) in [5.74, 6) is 1.66. The highest BCUT2D eigenvalue weighted by Crippen LogP contribution is 2.18. The van der Waals surface area contributed by atoms with Crippen LogP contribution in [0.5, 0.6) is 0 Å². The quantitative estimate of drug-likeness (QED) is 0.800. The maximum Gasteiger partial charge on any atom is 0.147 e. The predicted octanol–water partition coefficient (Wildman–Crippen LogP) is -0.282. The van der Waals surface area contributed by atoms with Crippen molar-refractivity contribution in [2.24, 2.45) is 5.92 Å². The Morgan fingerprint density at radius 3 is 3.33 bits per heavy atom. The number of hydrogen-bond donors (Lipinski definition) is 1. The highest BCUT2D eigenvalue weighted by molar-refractivity contribution is 4.91. The van der Waals surface area contributed by atoms with E-state index in [-0.39, 0.29) is 0 Å². The van der Waals surface area contributed by atoms with E-state index in [9.17, 15) is 0 Å². The number of nitrogens with zero attached hydrogens (tertiary/aromatic N) is 4. The Morgan fingerprint density at radius 1 is 1.50 bits per heavy atom. The van der Waals surface area contributed by atoms with Crippen molar-refractivity contribution < 1.29 is 4.74 Å². The van der Waals surface area contributed by atoms with E-state index in [4.69, 9.17) is 4.74 Å². The van der Waals surface area contributed by atoms with Crippen molar-refractivity contribution in [2.75, 3.05) is 33.4 Å². The van der Waals surface area contributed by atoms with Gasteiger partial charge < -0.3 is 14.6 Å². The largest absolute Gasteiger partial charge is 0.381 e. The highest BCUT2D eigenvalue weighted by Gasteiger charge is 2.28. The number of fused-ring (bicyclic) bond motifs is 1. The third-order valence-electron chi connectivity index (χ3n) is 4.06. The smallest absolute Gasteiger partial charge is 0.147 e. The monoisotopic (exact) mass is 251 g/mol. The lowest BCUT2D eigenvalue weighted by molar-refractivity contribution is 0.0144. The highest BCUT2D eigenvalue weighted by atomic mass is 16.5. The maximum atomic E-state index is 5.61. The molecular weight excluding hydrogens is 230 g/mol. The molecule has 6 nitrogen and oxygen atoms in total. The van der Waals surface area contributed by atoms with E-state index < -0.39 is 0 Å². The van der Waals surface area contributed by atoms with E-state index in [2.05, 4.69) is 32.0 Å². The molecule has 6 heteroatoms. The number of rotatable bonds is 3. The second-order valence-electron chi connectivity index (χ2n) is 5.19. The van der Waals surface area contributed by atoms with Gasteiger partial charge in [-0.15, -0.1) is 10.2 Å². The fourth-order valence-electron chi connectivity index (χ4n) is 2.96. The van der Waals surface area contributed by atoms with Crippen LogP contribution < -0.4 is 5.32 Å². The van der Waals surface area contributed by atoms with Gasteiger partial charge in [0, 0.05) is 38.2 Å². The molecule has 0 aliphatic carbocycles.